The number of hydrogen-bond acceptors (Lipinski definition) is 5. The molecule has 0 radical (unpaired) electrons. The third kappa shape index (κ3) is 4.00. The Balaban J connectivity index is 2.14. The van der Waals surface area contributed by atoms with E-state index in [4.69, 9.17) is 21.5 Å². The standard InChI is InChI=1S/C15H18ClN3O4/c1-9(13(20)21)17-18-11-4-5-12(16)10(6-11)7-19-14(22)15(2,3)8-23-19/h4-6,18H,7-8H2,1-3H3,(H,20,21). The van der Waals surface area contributed by atoms with Gasteiger partial charge in [0.2, 0.25) is 0 Å². The fourth-order valence-corrected chi connectivity index (χ4v) is 2.11. The van der Waals surface area contributed by atoms with Gasteiger partial charge in [-0.1, -0.05) is 11.6 Å². The monoisotopic (exact) mass is 339 g/mol. The molecule has 1 aromatic rings. The Morgan fingerprint density at radius 1 is 1.52 bits per heavy atom. The van der Waals surface area contributed by atoms with Gasteiger partial charge in [0.05, 0.1) is 24.3 Å². The van der Waals surface area contributed by atoms with E-state index < -0.39 is 11.4 Å². The number of carboxylic acids is 1. The molecule has 1 aliphatic heterocycles. The van der Waals surface area contributed by atoms with Gasteiger partial charge in [0.25, 0.3) is 5.91 Å². The quantitative estimate of drug-likeness (QED) is 0.635. The molecule has 8 heteroatoms. The second kappa shape index (κ2) is 6.55. The highest BCUT2D eigenvalue weighted by Crippen LogP contribution is 2.30. The maximum Gasteiger partial charge on any atom is 0.351 e. The molecule has 0 aliphatic carbocycles. The Labute approximate surface area is 138 Å². The lowest BCUT2D eigenvalue weighted by Gasteiger charge is -2.17. The third-order valence-corrected chi connectivity index (χ3v) is 3.78. The summed E-state index contributed by atoms with van der Waals surface area (Å²) in [4.78, 5) is 28.3. The lowest BCUT2D eigenvalue weighted by atomic mass is 9.95. The van der Waals surface area contributed by atoms with Crippen LogP contribution in [-0.4, -0.2) is 34.4 Å². The fourth-order valence-electron chi connectivity index (χ4n) is 1.93. The topological polar surface area (TPSA) is 91.2 Å². The Kier molecular flexibility index (Phi) is 4.91. The zero-order chi connectivity index (χ0) is 17.2. The van der Waals surface area contributed by atoms with E-state index in [1.165, 1.54) is 12.0 Å². The van der Waals surface area contributed by atoms with Crippen LogP contribution >= 0.6 is 11.6 Å². The van der Waals surface area contributed by atoms with Gasteiger partial charge >= 0.3 is 5.97 Å². The smallest absolute Gasteiger partial charge is 0.351 e. The van der Waals surface area contributed by atoms with E-state index in [0.29, 0.717) is 22.9 Å². The van der Waals surface area contributed by atoms with Crippen molar-refractivity contribution in [2.75, 3.05) is 12.0 Å². The molecular weight excluding hydrogens is 322 g/mol. The number of carboxylic acid groups (broad SMARTS) is 1. The molecule has 2 N–H and O–H groups in total. The maximum absolute atomic E-state index is 12.2. The highest BCUT2D eigenvalue weighted by atomic mass is 35.5. The molecule has 0 spiro atoms. The minimum absolute atomic E-state index is 0.0682. The number of anilines is 1. The van der Waals surface area contributed by atoms with E-state index in [2.05, 4.69) is 10.5 Å². The van der Waals surface area contributed by atoms with E-state index in [0.717, 1.165) is 0 Å². The average molecular weight is 340 g/mol. The summed E-state index contributed by atoms with van der Waals surface area (Å²) in [6.07, 6.45) is 0. The van der Waals surface area contributed by atoms with Crippen molar-refractivity contribution in [2.45, 2.75) is 27.3 Å². The van der Waals surface area contributed by atoms with Crippen molar-refractivity contribution in [3.05, 3.63) is 28.8 Å². The lowest BCUT2D eigenvalue weighted by Crippen LogP contribution is -2.30. The van der Waals surface area contributed by atoms with E-state index in [-0.39, 0.29) is 18.2 Å². The number of rotatable bonds is 5. The molecule has 1 aliphatic rings. The summed E-state index contributed by atoms with van der Waals surface area (Å²) >= 11 is 6.16. The summed E-state index contributed by atoms with van der Waals surface area (Å²) < 4.78 is 0. The van der Waals surface area contributed by atoms with E-state index in [1.54, 1.807) is 18.2 Å². The van der Waals surface area contributed by atoms with Gasteiger partial charge in [-0.2, -0.15) is 5.10 Å². The van der Waals surface area contributed by atoms with Crippen LogP contribution in [0.4, 0.5) is 5.69 Å². The second-order valence-electron chi connectivity index (χ2n) is 5.92. The van der Waals surface area contributed by atoms with Crippen LogP contribution in [0.25, 0.3) is 0 Å². The summed E-state index contributed by atoms with van der Waals surface area (Å²) in [6.45, 7) is 5.54. The molecule has 124 valence electrons. The highest BCUT2D eigenvalue weighted by molar-refractivity contribution is 6.34. The molecular formula is C15H18ClN3O4. The molecule has 7 nitrogen and oxygen atoms in total. The van der Waals surface area contributed by atoms with Gasteiger partial charge in [-0.05, 0) is 44.5 Å². The van der Waals surface area contributed by atoms with Crippen LogP contribution in [0.15, 0.2) is 23.3 Å². The number of hydrogen-bond donors (Lipinski definition) is 2. The van der Waals surface area contributed by atoms with E-state index in [1.807, 2.05) is 13.8 Å². The number of hydroxylamine groups is 2. The Morgan fingerprint density at radius 3 is 2.78 bits per heavy atom. The average Bonchev–Trinajstić information content (AvgIpc) is 2.74. The first kappa shape index (κ1) is 17.2. The van der Waals surface area contributed by atoms with Crippen LogP contribution in [0, 0.1) is 5.41 Å². The summed E-state index contributed by atoms with van der Waals surface area (Å²) in [5.41, 5.74) is 3.27. The number of carbonyl (C=O) groups is 2. The van der Waals surface area contributed by atoms with Crippen LogP contribution in [-0.2, 0) is 21.0 Å². The van der Waals surface area contributed by atoms with Crippen LogP contribution in [0.3, 0.4) is 0 Å². The molecule has 1 fully saturated rings. The van der Waals surface area contributed by atoms with Gasteiger partial charge in [0, 0.05) is 5.02 Å². The van der Waals surface area contributed by atoms with Gasteiger partial charge in [-0.3, -0.25) is 15.1 Å². The zero-order valence-corrected chi connectivity index (χ0v) is 13.8. The minimum atomic E-state index is -1.11. The molecule has 0 bridgehead atoms. The van der Waals surface area contributed by atoms with Crippen molar-refractivity contribution >= 4 is 34.9 Å². The van der Waals surface area contributed by atoms with Crippen molar-refractivity contribution < 1.29 is 19.5 Å². The summed E-state index contributed by atoms with van der Waals surface area (Å²) in [6, 6.07) is 5.01. The first-order chi connectivity index (χ1) is 10.7. The van der Waals surface area contributed by atoms with E-state index in [9.17, 15) is 9.59 Å². The normalized spacial score (nSPS) is 17.5. The summed E-state index contributed by atoms with van der Waals surface area (Å²) in [5, 5.41) is 14.3. The number of nitrogens with zero attached hydrogens (tertiary/aromatic N) is 2. The van der Waals surface area contributed by atoms with Crippen LogP contribution in [0.5, 0.6) is 0 Å². The molecule has 1 aromatic carbocycles. The minimum Gasteiger partial charge on any atom is -0.477 e. The van der Waals surface area contributed by atoms with Crippen LogP contribution in [0.1, 0.15) is 26.3 Å². The Hall–Kier alpha value is -2.12. The largest absolute Gasteiger partial charge is 0.477 e. The summed E-state index contributed by atoms with van der Waals surface area (Å²) in [7, 11) is 0. The van der Waals surface area contributed by atoms with Crippen LogP contribution in [0.2, 0.25) is 5.02 Å². The van der Waals surface area contributed by atoms with Gasteiger partial charge in [0.15, 0.2) is 0 Å². The molecule has 2 rings (SSSR count). The van der Waals surface area contributed by atoms with Gasteiger partial charge in [-0.15, -0.1) is 0 Å². The SMILES string of the molecule is CC(=NNc1ccc(Cl)c(CN2OCC(C)(C)C2=O)c1)C(=O)O. The molecule has 0 aromatic heterocycles. The fraction of sp³-hybridized carbons (Fsp3) is 0.400. The molecule has 0 saturated carbocycles. The first-order valence-corrected chi connectivity index (χ1v) is 7.35. The van der Waals surface area contributed by atoms with Crippen molar-refractivity contribution in [3.8, 4) is 0 Å². The second-order valence-corrected chi connectivity index (χ2v) is 6.33. The van der Waals surface area contributed by atoms with Crippen LogP contribution < -0.4 is 5.43 Å². The first-order valence-electron chi connectivity index (χ1n) is 6.97. The zero-order valence-electron chi connectivity index (χ0n) is 13.1. The number of halogens is 1. The Bertz CT molecular complexity index is 673. The lowest BCUT2D eigenvalue weighted by molar-refractivity contribution is -0.165. The molecule has 1 saturated heterocycles. The molecule has 1 heterocycles. The number of carbonyl (C=O) groups excluding carboxylic acids is 1. The maximum atomic E-state index is 12.2. The highest BCUT2D eigenvalue weighted by Gasteiger charge is 2.40. The summed E-state index contributed by atoms with van der Waals surface area (Å²) in [5.74, 6) is -1.21. The predicted molar refractivity (Wildman–Crippen MR) is 86.1 cm³/mol. The molecule has 23 heavy (non-hydrogen) atoms. The number of aliphatic carboxylic acids is 1. The number of benzene rings is 1. The van der Waals surface area contributed by atoms with Gasteiger partial charge in [-0.25, -0.2) is 9.86 Å². The number of amides is 1. The van der Waals surface area contributed by atoms with Crippen molar-refractivity contribution in [2.24, 2.45) is 10.5 Å². The van der Waals surface area contributed by atoms with Crippen molar-refractivity contribution in [1.82, 2.24) is 5.06 Å². The number of hydrazone groups is 1. The van der Waals surface area contributed by atoms with Gasteiger partial charge in [0.1, 0.15) is 5.71 Å². The van der Waals surface area contributed by atoms with Crippen molar-refractivity contribution in [1.29, 1.82) is 0 Å². The molecule has 0 unspecified atom stereocenters. The third-order valence-electron chi connectivity index (χ3n) is 3.41. The Morgan fingerprint density at radius 2 is 2.22 bits per heavy atom. The van der Waals surface area contributed by atoms with Gasteiger partial charge < -0.3 is 5.11 Å². The van der Waals surface area contributed by atoms with E-state index >= 15 is 0 Å². The number of nitrogens with one attached hydrogen (secondary N) is 1. The predicted octanol–water partition coefficient (Wildman–Crippen LogP) is 2.51. The van der Waals surface area contributed by atoms with Crippen molar-refractivity contribution in [3.63, 3.8) is 0 Å². The molecule has 0 atom stereocenters. The molecule has 1 amide bonds.